The van der Waals surface area contributed by atoms with Crippen molar-refractivity contribution in [1.82, 2.24) is 10.3 Å². The van der Waals surface area contributed by atoms with E-state index in [2.05, 4.69) is 26.2 Å². The molecule has 0 fully saturated rings. The van der Waals surface area contributed by atoms with Gasteiger partial charge in [0, 0.05) is 33.7 Å². The molecule has 3 aromatic carbocycles. The Balaban J connectivity index is 1.26. The van der Waals surface area contributed by atoms with E-state index in [0.29, 0.717) is 35.8 Å². The maximum Gasteiger partial charge on any atom is 0.261 e. The molecule has 0 bridgehead atoms. The fraction of sp³-hybridized carbons (Fsp3) is 0.143. The van der Waals surface area contributed by atoms with Crippen molar-refractivity contribution in [3.8, 4) is 23.3 Å². The van der Waals surface area contributed by atoms with E-state index in [-0.39, 0.29) is 19.0 Å². The molecule has 1 amide bonds. The van der Waals surface area contributed by atoms with Gasteiger partial charge in [0.2, 0.25) is 6.79 Å². The van der Waals surface area contributed by atoms with Crippen LogP contribution in [-0.2, 0) is 17.8 Å². The third kappa shape index (κ3) is 5.21. The summed E-state index contributed by atoms with van der Waals surface area (Å²) < 4.78 is 17.6. The fourth-order valence-electron chi connectivity index (χ4n) is 4.00. The van der Waals surface area contributed by atoms with Crippen LogP contribution in [0, 0.1) is 11.3 Å². The van der Waals surface area contributed by atoms with Gasteiger partial charge in [0.25, 0.3) is 5.91 Å². The van der Waals surface area contributed by atoms with E-state index in [9.17, 15) is 10.1 Å². The summed E-state index contributed by atoms with van der Waals surface area (Å²) in [5.41, 5.74) is 3.69. The zero-order valence-electron chi connectivity index (χ0n) is 19.2. The summed E-state index contributed by atoms with van der Waals surface area (Å²) in [4.78, 5) is 16.0. The van der Waals surface area contributed by atoms with Crippen molar-refractivity contribution in [2.45, 2.75) is 13.0 Å². The smallest absolute Gasteiger partial charge is 0.261 e. The van der Waals surface area contributed by atoms with Gasteiger partial charge in [0.1, 0.15) is 24.0 Å². The van der Waals surface area contributed by atoms with Crippen LogP contribution < -0.4 is 19.5 Å². The molecule has 36 heavy (non-hydrogen) atoms. The third-order valence-electron chi connectivity index (χ3n) is 5.82. The molecule has 0 aliphatic carbocycles. The summed E-state index contributed by atoms with van der Waals surface area (Å²) in [6, 6.07) is 21.1. The molecule has 1 aliphatic heterocycles. The van der Waals surface area contributed by atoms with Crippen molar-refractivity contribution in [3.63, 3.8) is 0 Å². The minimum absolute atomic E-state index is 0.0000406. The molecular formula is C28H22BrN3O4. The van der Waals surface area contributed by atoms with Crippen LogP contribution in [0.15, 0.2) is 76.9 Å². The van der Waals surface area contributed by atoms with Crippen LogP contribution in [0.3, 0.4) is 0 Å². The van der Waals surface area contributed by atoms with Crippen LogP contribution in [0.1, 0.15) is 16.7 Å². The van der Waals surface area contributed by atoms with E-state index in [1.807, 2.05) is 66.9 Å². The van der Waals surface area contributed by atoms with E-state index >= 15 is 0 Å². The summed E-state index contributed by atoms with van der Waals surface area (Å²) >= 11 is 3.46. The molecule has 1 aliphatic rings. The number of aromatic nitrogens is 1. The minimum atomic E-state index is -0.431. The van der Waals surface area contributed by atoms with Crippen molar-refractivity contribution < 1.29 is 19.0 Å². The van der Waals surface area contributed by atoms with Gasteiger partial charge in [0.15, 0.2) is 11.5 Å². The van der Waals surface area contributed by atoms with E-state index in [4.69, 9.17) is 14.2 Å². The lowest BCUT2D eigenvalue weighted by Gasteiger charge is -2.11. The second kappa shape index (κ2) is 10.6. The second-order valence-corrected chi connectivity index (χ2v) is 9.11. The fourth-order valence-corrected chi connectivity index (χ4v) is 4.38. The largest absolute Gasteiger partial charge is 0.488 e. The lowest BCUT2D eigenvalue weighted by Crippen LogP contribution is -2.26. The highest BCUT2D eigenvalue weighted by atomic mass is 79.9. The summed E-state index contributed by atoms with van der Waals surface area (Å²) in [7, 11) is 0. The van der Waals surface area contributed by atoms with E-state index in [1.165, 1.54) is 0 Å². The number of carbonyl (C=O) groups excluding carboxylic acids is 1. The van der Waals surface area contributed by atoms with Crippen molar-refractivity contribution in [2.24, 2.45) is 0 Å². The standard InChI is InChI=1S/C28H22BrN3O4/c29-22-6-8-25(34-16-18-5-7-26-27(11-18)36-17-35-26)20(13-22)12-21(14-30)28(33)31-10-9-19-15-32-24-4-2-1-3-23(19)24/h1-8,11-13,15,32H,9-10,16-17H2,(H,31,33)/b21-12-. The van der Waals surface area contributed by atoms with E-state index in [0.717, 1.165) is 26.5 Å². The lowest BCUT2D eigenvalue weighted by molar-refractivity contribution is -0.117. The number of ether oxygens (including phenoxy) is 3. The highest BCUT2D eigenvalue weighted by Gasteiger charge is 2.15. The number of nitrogens with one attached hydrogen (secondary N) is 2. The molecule has 2 heterocycles. The molecule has 2 N–H and O–H groups in total. The molecule has 4 aromatic rings. The first-order valence-corrected chi connectivity index (χ1v) is 12.2. The van der Waals surface area contributed by atoms with Crippen molar-refractivity contribution in [1.29, 1.82) is 5.26 Å². The Morgan fingerprint density at radius 2 is 2.00 bits per heavy atom. The van der Waals surface area contributed by atoms with Crippen LogP contribution in [0.4, 0.5) is 0 Å². The van der Waals surface area contributed by atoms with Crippen LogP contribution in [0.25, 0.3) is 17.0 Å². The summed E-state index contributed by atoms with van der Waals surface area (Å²) in [5, 5.41) is 13.7. The number of carbonyl (C=O) groups is 1. The first kappa shape index (κ1) is 23.5. The Labute approximate surface area is 216 Å². The van der Waals surface area contributed by atoms with Gasteiger partial charge in [0.05, 0.1) is 0 Å². The molecular weight excluding hydrogens is 522 g/mol. The number of amides is 1. The van der Waals surface area contributed by atoms with E-state index < -0.39 is 5.91 Å². The quantitative estimate of drug-likeness (QED) is 0.226. The Bertz CT molecular complexity index is 1500. The predicted octanol–water partition coefficient (Wildman–Crippen LogP) is 5.50. The molecule has 7 nitrogen and oxygen atoms in total. The predicted molar refractivity (Wildman–Crippen MR) is 140 cm³/mol. The normalized spacial score (nSPS) is 12.4. The number of fused-ring (bicyclic) bond motifs is 2. The molecule has 0 spiro atoms. The van der Waals surface area contributed by atoms with Gasteiger partial charge < -0.3 is 24.5 Å². The molecule has 8 heteroatoms. The number of nitrogens with zero attached hydrogens (tertiary/aromatic N) is 1. The van der Waals surface area contributed by atoms with Crippen LogP contribution in [0.5, 0.6) is 17.2 Å². The molecule has 0 unspecified atom stereocenters. The Kier molecular flexibility index (Phi) is 6.92. The first-order valence-electron chi connectivity index (χ1n) is 11.4. The third-order valence-corrected chi connectivity index (χ3v) is 6.32. The first-order chi connectivity index (χ1) is 17.6. The Hall–Kier alpha value is -4.22. The number of H-pyrrole nitrogens is 1. The molecule has 0 saturated heterocycles. The average Bonchev–Trinajstić information content (AvgIpc) is 3.53. The van der Waals surface area contributed by atoms with Crippen LogP contribution in [0.2, 0.25) is 0 Å². The number of halogens is 1. The van der Waals surface area contributed by atoms with Gasteiger partial charge in [-0.3, -0.25) is 4.79 Å². The van der Waals surface area contributed by atoms with Crippen molar-refractivity contribution >= 4 is 38.8 Å². The van der Waals surface area contributed by atoms with Crippen molar-refractivity contribution in [2.75, 3.05) is 13.3 Å². The number of rotatable bonds is 8. The Morgan fingerprint density at radius 3 is 2.89 bits per heavy atom. The zero-order chi connectivity index (χ0) is 24.9. The van der Waals surface area contributed by atoms with Gasteiger partial charge in [-0.2, -0.15) is 5.26 Å². The van der Waals surface area contributed by atoms with E-state index in [1.54, 1.807) is 12.1 Å². The number of aromatic amines is 1. The number of hydrogen-bond acceptors (Lipinski definition) is 5. The number of hydrogen-bond donors (Lipinski definition) is 2. The monoisotopic (exact) mass is 543 g/mol. The number of benzene rings is 3. The Morgan fingerprint density at radius 1 is 1.14 bits per heavy atom. The lowest BCUT2D eigenvalue weighted by atomic mass is 10.1. The topological polar surface area (TPSA) is 96.4 Å². The van der Waals surface area contributed by atoms with Crippen molar-refractivity contribution in [3.05, 3.63) is 93.6 Å². The SMILES string of the molecule is N#C/C(=C/c1cc(Br)ccc1OCc1ccc2c(c1)OCO2)C(=O)NCCc1c[nH]c2ccccc12. The van der Waals surface area contributed by atoms with Gasteiger partial charge >= 0.3 is 0 Å². The molecule has 5 rings (SSSR count). The average molecular weight is 544 g/mol. The second-order valence-electron chi connectivity index (χ2n) is 8.19. The molecule has 0 atom stereocenters. The van der Waals surface area contributed by atoms with Gasteiger partial charge in [-0.25, -0.2) is 0 Å². The van der Waals surface area contributed by atoms with Crippen LogP contribution >= 0.6 is 15.9 Å². The highest BCUT2D eigenvalue weighted by Crippen LogP contribution is 2.33. The molecule has 0 saturated carbocycles. The summed E-state index contributed by atoms with van der Waals surface area (Å²) in [5.74, 6) is 1.51. The summed E-state index contributed by atoms with van der Waals surface area (Å²) in [6.07, 6.45) is 4.14. The molecule has 180 valence electrons. The van der Waals surface area contributed by atoms with Crippen LogP contribution in [-0.4, -0.2) is 24.2 Å². The van der Waals surface area contributed by atoms with Gasteiger partial charge in [-0.1, -0.05) is 40.2 Å². The molecule has 0 radical (unpaired) electrons. The number of nitriles is 1. The summed E-state index contributed by atoms with van der Waals surface area (Å²) in [6.45, 7) is 0.908. The highest BCUT2D eigenvalue weighted by molar-refractivity contribution is 9.10. The number of para-hydroxylation sites is 1. The van der Waals surface area contributed by atoms with Gasteiger partial charge in [-0.15, -0.1) is 0 Å². The zero-order valence-corrected chi connectivity index (χ0v) is 20.8. The van der Waals surface area contributed by atoms with Gasteiger partial charge in [-0.05, 0) is 60.0 Å². The maximum absolute atomic E-state index is 12.8. The maximum atomic E-state index is 12.8. The molecule has 1 aromatic heterocycles. The minimum Gasteiger partial charge on any atom is -0.488 e.